The van der Waals surface area contributed by atoms with Crippen LogP contribution in [0.2, 0.25) is 0 Å². The maximum absolute atomic E-state index is 12.8. The molecule has 0 saturated carbocycles. The fourth-order valence-corrected chi connectivity index (χ4v) is 3.28. The van der Waals surface area contributed by atoms with Crippen LogP contribution in [-0.4, -0.2) is 54.0 Å². The number of rotatable bonds is 1. The van der Waals surface area contributed by atoms with Gasteiger partial charge in [-0.15, -0.1) is 0 Å². The van der Waals surface area contributed by atoms with Crippen LogP contribution >= 0.6 is 0 Å². The molecular weight excluding hydrogens is 262 g/mol. The van der Waals surface area contributed by atoms with Crippen molar-refractivity contribution in [1.29, 1.82) is 0 Å². The van der Waals surface area contributed by atoms with Gasteiger partial charge in [-0.1, -0.05) is 24.3 Å². The molecule has 0 aromatic heterocycles. The van der Waals surface area contributed by atoms with Gasteiger partial charge >= 0.3 is 0 Å². The number of nitrogens with one attached hydrogen (secondary N) is 1. The maximum atomic E-state index is 12.8. The van der Waals surface area contributed by atoms with E-state index in [2.05, 4.69) is 55.4 Å². The lowest BCUT2D eigenvalue weighted by molar-refractivity contribution is -0.138. The molecule has 0 unspecified atom stereocenters. The minimum Gasteiger partial charge on any atom is -0.338 e. The molecule has 0 spiro atoms. The van der Waals surface area contributed by atoms with E-state index in [1.54, 1.807) is 0 Å². The van der Waals surface area contributed by atoms with Crippen molar-refractivity contribution >= 4 is 5.91 Å². The Balaban J connectivity index is 1.70. The van der Waals surface area contributed by atoms with E-state index in [9.17, 15) is 4.79 Å². The number of hydrogen-bond donors (Lipinski definition) is 1. The van der Waals surface area contributed by atoms with Gasteiger partial charge in [-0.2, -0.15) is 0 Å². The summed E-state index contributed by atoms with van der Waals surface area (Å²) in [5.74, 6) is 0.255. The normalized spacial score (nSPS) is 25.5. The fraction of sp³-hybridized carbons (Fsp3) is 0.588. The summed E-state index contributed by atoms with van der Waals surface area (Å²) >= 11 is 0. The molecule has 1 amide bonds. The summed E-state index contributed by atoms with van der Waals surface area (Å²) in [5, 5.41) is 3.41. The summed E-state index contributed by atoms with van der Waals surface area (Å²) in [6.07, 6.45) is 0.807. The largest absolute Gasteiger partial charge is 0.338 e. The van der Waals surface area contributed by atoms with E-state index in [0.29, 0.717) is 0 Å². The molecule has 2 heterocycles. The Morgan fingerprint density at radius 1 is 1.24 bits per heavy atom. The van der Waals surface area contributed by atoms with Crippen molar-refractivity contribution < 1.29 is 4.79 Å². The molecule has 0 aliphatic carbocycles. The fourth-order valence-electron chi connectivity index (χ4n) is 3.28. The zero-order chi connectivity index (χ0) is 15.0. The topological polar surface area (TPSA) is 35.6 Å². The van der Waals surface area contributed by atoms with Gasteiger partial charge in [0.2, 0.25) is 5.91 Å². The van der Waals surface area contributed by atoms with Crippen LogP contribution in [0.5, 0.6) is 0 Å². The van der Waals surface area contributed by atoms with Crippen LogP contribution in [0, 0.1) is 0 Å². The van der Waals surface area contributed by atoms with Gasteiger partial charge in [0.1, 0.15) is 0 Å². The predicted molar refractivity (Wildman–Crippen MR) is 84.1 cm³/mol. The van der Waals surface area contributed by atoms with Crippen LogP contribution in [0.25, 0.3) is 0 Å². The van der Waals surface area contributed by atoms with Gasteiger partial charge in [-0.05, 0) is 38.4 Å². The minimum absolute atomic E-state index is 0.0560. The van der Waals surface area contributed by atoms with Crippen LogP contribution in [0.15, 0.2) is 24.3 Å². The van der Waals surface area contributed by atoms with E-state index in [4.69, 9.17) is 0 Å². The molecule has 4 nitrogen and oxygen atoms in total. The number of carbonyl (C=O) groups excluding carboxylic acids is 1. The number of amides is 1. The highest BCUT2D eigenvalue weighted by Gasteiger charge is 2.36. The molecule has 1 saturated heterocycles. The molecule has 114 valence electrons. The second-order valence-corrected chi connectivity index (χ2v) is 6.90. The standard InChI is InChI=1S/C17H25N3O/c1-17(2)12-20(9-8-19(17)3)16(21)15-10-13-6-4-5-7-14(13)11-18-15/h4-7,15,18H,8-12H2,1-3H3/t15-/m1/s1. The number of benzene rings is 1. The van der Waals surface area contributed by atoms with Crippen LogP contribution in [0.1, 0.15) is 25.0 Å². The van der Waals surface area contributed by atoms with Gasteiger partial charge in [0.25, 0.3) is 0 Å². The number of hydrogen-bond acceptors (Lipinski definition) is 3. The second kappa shape index (κ2) is 5.43. The Hall–Kier alpha value is -1.39. The first-order valence-corrected chi connectivity index (χ1v) is 7.77. The molecule has 4 heteroatoms. The van der Waals surface area contributed by atoms with Gasteiger partial charge in [0.05, 0.1) is 6.04 Å². The lowest BCUT2D eigenvalue weighted by Gasteiger charge is -2.46. The second-order valence-electron chi connectivity index (χ2n) is 6.90. The van der Waals surface area contributed by atoms with Gasteiger partial charge in [0.15, 0.2) is 0 Å². The Labute approximate surface area is 127 Å². The van der Waals surface area contributed by atoms with Crippen molar-refractivity contribution in [2.24, 2.45) is 0 Å². The van der Waals surface area contributed by atoms with E-state index in [0.717, 1.165) is 32.6 Å². The first-order chi connectivity index (χ1) is 9.97. The Bertz CT molecular complexity index is 541. The van der Waals surface area contributed by atoms with E-state index in [1.165, 1.54) is 11.1 Å². The number of nitrogens with zero attached hydrogens (tertiary/aromatic N) is 2. The van der Waals surface area contributed by atoms with Crippen molar-refractivity contribution in [3.05, 3.63) is 35.4 Å². The molecule has 0 bridgehead atoms. The highest BCUT2D eigenvalue weighted by molar-refractivity contribution is 5.82. The maximum Gasteiger partial charge on any atom is 0.240 e. The third kappa shape index (κ3) is 2.83. The zero-order valence-corrected chi connectivity index (χ0v) is 13.2. The minimum atomic E-state index is -0.0703. The van der Waals surface area contributed by atoms with Crippen molar-refractivity contribution in [2.45, 2.75) is 38.4 Å². The van der Waals surface area contributed by atoms with E-state index in [1.807, 2.05) is 4.90 Å². The third-order valence-electron chi connectivity index (χ3n) is 5.01. The summed E-state index contributed by atoms with van der Waals surface area (Å²) < 4.78 is 0. The molecule has 1 fully saturated rings. The summed E-state index contributed by atoms with van der Waals surface area (Å²) in [4.78, 5) is 17.2. The molecular formula is C17H25N3O. The molecule has 1 atom stereocenters. The quantitative estimate of drug-likeness (QED) is 0.844. The van der Waals surface area contributed by atoms with Crippen LogP contribution < -0.4 is 5.32 Å². The van der Waals surface area contributed by atoms with Gasteiger partial charge in [-0.3, -0.25) is 9.69 Å². The highest BCUT2D eigenvalue weighted by Crippen LogP contribution is 2.22. The van der Waals surface area contributed by atoms with Crippen LogP contribution in [0.4, 0.5) is 0 Å². The smallest absolute Gasteiger partial charge is 0.240 e. The summed E-state index contributed by atoms with van der Waals surface area (Å²) in [6.45, 7) is 7.79. The van der Waals surface area contributed by atoms with Crippen molar-refractivity contribution in [2.75, 3.05) is 26.7 Å². The van der Waals surface area contributed by atoms with E-state index >= 15 is 0 Å². The number of likely N-dealkylation sites (N-methyl/N-ethyl adjacent to an activating group) is 1. The van der Waals surface area contributed by atoms with Gasteiger partial charge in [-0.25, -0.2) is 0 Å². The first kappa shape index (κ1) is 14.5. The molecule has 2 aliphatic rings. The molecule has 0 radical (unpaired) electrons. The summed E-state index contributed by atoms with van der Waals surface area (Å²) in [7, 11) is 2.14. The van der Waals surface area contributed by atoms with E-state index < -0.39 is 0 Å². The lowest BCUT2D eigenvalue weighted by atomic mass is 9.94. The molecule has 1 aromatic carbocycles. The van der Waals surface area contributed by atoms with E-state index in [-0.39, 0.29) is 17.5 Å². The number of carbonyl (C=O) groups is 1. The molecule has 21 heavy (non-hydrogen) atoms. The Morgan fingerprint density at radius 3 is 2.67 bits per heavy atom. The Morgan fingerprint density at radius 2 is 1.95 bits per heavy atom. The molecule has 1 aromatic rings. The Kier molecular flexibility index (Phi) is 3.76. The van der Waals surface area contributed by atoms with Crippen molar-refractivity contribution in [3.63, 3.8) is 0 Å². The predicted octanol–water partition coefficient (Wildman–Crippen LogP) is 1.25. The number of fused-ring (bicyclic) bond motifs is 1. The van der Waals surface area contributed by atoms with Crippen molar-refractivity contribution in [1.82, 2.24) is 15.1 Å². The lowest BCUT2D eigenvalue weighted by Crippen LogP contribution is -2.62. The molecule has 1 N–H and O–H groups in total. The summed E-state index contributed by atoms with van der Waals surface area (Å²) in [5.41, 5.74) is 2.68. The van der Waals surface area contributed by atoms with Crippen LogP contribution in [-0.2, 0) is 17.8 Å². The summed E-state index contributed by atoms with van der Waals surface area (Å²) in [6, 6.07) is 8.34. The zero-order valence-electron chi connectivity index (χ0n) is 13.2. The first-order valence-electron chi connectivity index (χ1n) is 7.77. The average Bonchev–Trinajstić information content (AvgIpc) is 2.48. The highest BCUT2D eigenvalue weighted by atomic mass is 16.2. The molecule has 3 rings (SSSR count). The third-order valence-corrected chi connectivity index (χ3v) is 5.01. The van der Waals surface area contributed by atoms with Crippen LogP contribution in [0.3, 0.4) is 0 Å². The van der Waals surface area contributed by atoms with Gasteiger partial charge in [0, 0.05) is 31.7 Å². The molecule has 2 aliphatic heterocycles. The average molecular weight is 287 g/mol. The SMILES string of the molecule is CN1CCN(C(=O)[C@H]2Cc3ccccc3CN2)CC1(C)C. The van der Waals surface area contributed by atoms with Crippen molar-refractivity contribution in [3.8, 4) is 0 Å². The van der Waals surface area contributed by atoms with Gasteiger partial charge < -0.3 is 10.2 Å². The monoisotopic (exact) mass is 287 g/mol. The number of piperazine rings is 1.